The molecule has 4 heteroatoms. The van der Waals surface area contributed by atoms with E-state index < -0.39 is 0 Å². The molecule has 0 aliphatic heterocycles. The number of anilines is 1. The number of carbonyl (C=O) groups excluding carboxylic acids is 1. The SMILES string of the molecule is COc1ccc2c(CC(=O)Nc3ccccc3C(C)C)coc2c1. The molecule has 0 bridgehead atoms. The van der Waals surface area contributed by atoms with Gasteiger partial charge in [0.2, 0.25) is 5.91 Å². The molecule has 0 unspecified atom stereocenters. The van der Waals surface area contributed by atoms with Gasteiger partial charge in [0.05, 0.1) is 19.8 Å². The third-order valence-corrected chi connectivity index (χ3v) is 4.07. The van der Waals surface area contributed by atoms with E-state index in [1.807, 2.05) is 42.5 Å². The number of furan rings is 1. The lowest BCUT2D eigenvalue weighted by Crippen LogP contribution is -2.15. The van der Waals surface area contributed by atoms with Gasteiger partial charge in [-0.05, 0) is 29.7 Å². The van der Waals surface area contributed by atoms with Crippen LogP contribution in [-0.2, 0) is 11.2 Å². The zero-order valence-electron chi connectivity index (χ0n) is 14.1. The van der Waals surface area contributed by atoms with Gasteiger partial charge in [0.1, 0.15) is 11.3 Å². The van der Waals surface area contributed by atoms with E-state index in [2.05, 4.69) is 19.2 Å². The number of hydrogen-bond donors (Lipinski definition) is 1. The number of rotatable bonds is 5. The maximum absolute atomic E-state index is 12.4. The fourth-order valence-electron chi connectivity index (χ4n) is 2.81. The van der Waals surface area contributed by atoms with Crippen LogP contribution in [-0.4, -0.2) is 13.0 Å². The maximum atomic E-state index is 12.4. The van der Waals surface area contributed by atoms with Gasteiger partial charge in [0.25, 0.3) is 0 Å². The maximum Gasteiger partial charge on any atom is 0.228 e. The van der Waals surface area contributed by atoms with Crippen LogP contribution in [0, 0.1) is 0 Å². The van der Waals surface area contributed by atoms with Gasteiger partial charge in [-0.15, -0.1) is 0 Å². The van der Waals surface area contributed by atoms with E-state index in [1.54, 1.807) is 13.4 Å². The number of ether oxygens (including phenoxy) is 1. The van der Waals surface area contributed by atoms with Gasteiger partial charge in [-0.25, -0.2) is 0 Å². The number of carbonyl (C=O) groups is 1. The van der Waals surface area contributed by atoms with Crippen molar-refractivity contribution in [1.29, 1.82) is 0 Å². The molecule has 4 nitrogen and oxygen atoms in total. The average molecular weight is 323 g/mol. The van der Waals surface area contributed by atoms with Crippen molar-refractivity contribution < 1.29 is 13.9 Å². The second-order valence-corrected chi connectivity index (χ2v) is 6.09. The number of hydrogen-bond acceptors (Lipinski definition) is 3. The molecule has 1 aromatic heterocycles. The van der Waals surface area contributed by atoms with E-state index in [1.165, 1.54) is 0 Å². The van der Waals surface area contributed by atoms with Gasteiger partial charge in [-0.3, -0.25) is 4.79 Å². The van der Waals surface area contributed by atoms with Gasteiger partial charge in [0, 0.05) is 22.7 Å². The Morgan fingerprint density at radius 3 is 2.75 bits per heavy atom. The lowest BCUT2D eigenvalue weighted by atomic mass is 10.0. The van der Waals surface area contributed by atoms with Crippen molar-refractivity contribution in [2.75, 3.05) is 12.4 Å². The number of nitrogens with one attached hydrogen (secondary N) is 1. The summed E-state index contributed by atoms with van der Waals surface area (Å²) in [5.74, 6) is 1.03. The van der Waals surface area contributed by atoms with Gasteiger partial charge < -0.3 is 14.5 Å². The lowest BCUT2D eigenvalue weighted by molar-refractivity contribution is -0.115. The summed E-state index contributed by atoms with van der Waals surface area (Å²) >= 11 is 0. The Hall–Kier alpha value is -2.75. The third-order valence-electron chi connectivity index (χ3n) is 4.07. The summed E-state index contributed by atoms with van der Waals surface area (Å²) in [6.07, 6.45) is 1.91. The van der Waals surface area contributed by atoms with Gasteiger partial charge in [-0.1, -0.05) is 32.0 Å². The highest BCUT2D eigenvalue weighted by Crippen LogP contribution is 2.27. The Morgan fingerprint density at radius 2 is 2.00 bits per heavy atom. The fourth-order valence-corrected chi connectivity index (χ4v) is 2.81. The molecule has 24 heavy (non-hydrogen) atoms. The topological polar surface area (TPSA) is 51.5 Å². The first kappa shape index (κ1) is 16.1. The largest absolute Gasteiger partial charge is 0.497 e. The van der Waals surface area contributed by atoms with Crippen molar-refractivity contribution in [3.8, 4) is 5.75 Å². The summed E-state index contributed by atoms with van der Waals surface area (Å²) in [4.78, 5) is 12.4. The summed E-state index contributed by atoms with van der Waals surface area (Å²) in [6.45, 7) is 4.23. The molecule has 124 valence electrons. The zero-order chi connectivity index (χ0) is 17.1. The third kappa shape index (κ3) is 3.27. The number of benzene rings is 2. The van der Waals surface area contributed by atoms with Crippen LogP contribution < -0.4 is 10.1 Å². The summed E-state index contributed by atoms with van der Waals surface area (Å²) in [5, 5.41) is 3.95. The first-order valence-corrected chi connectivity index (χ1v) is 8.01. The average Bonchev–Trinajstić information content (AvgIpc) is 2.97. The second-order valence-electron chi connectivity index (χ2n) is 6.09. The van der Waals surface area contributed by atoms with Gasteiger partial charge in [-0.2, -0.15) is 0 Å². The quantitative estimate of drug-likeness (QED) is 0.737. The molecule has 0 fully saturated rings. The molecular formula is C20H21NO3. The van der Waals surface area contributed by atoms with Crippen molar-refractivity contribution >= 4 is 22.6 Å². The first-order valence-electron chi connectivity index (χ1n) is 8.01. The second kappa shape index (κ2) is 6.79. The number of amides is 1. The molecule has 0 saturated heterocycles. The Morgan fingerprint density at radius 1 is 1.21 bits per heavy atom. The Kier molecular flexibility index (Phi) is 4.56. The Bertz CT molecular complexity index is 864. The van der Waals surface area contributed by atoms with E-state index in [0.717, 1.165) is 33.5 Å². The molecular weight excluding hydrogens is 302 g/mol. The standard InChI is InChI=1S/C20H21NO3/c1-13(2)16-6-4-5-7-18(16)21-20(22)10-14-12-24-19-11-15(23-3)8-9-17(14)19/h4-9,11-13H,10H2,1-3H3,(H,21,22). The number of para-hydroxylation sites is 1. The highest BCUT2D eigenvalue weighted by molar-refractivity contribution is 5.96. The number of fused-ring (bicyclic) bond motifs is 1. The smallest absolute Gasteiger partial charge is 0.228 e. The van der Waals surface area contributed by atoms with Crippen molar-refractivity contribution in [2.24, 2.45) is 0 Å². The van der Waals surface area contributed by atoms with E-state index in [0.29, 0.717) is 5.92 Å². The molecule has 3 aromatic rings. The van der Waals surface area contributed by atoms with Crippen molar-refractivity contribution in [3.63, 3.8) is 0 Å². The molecule has 0 saturated carbocycles. The van der Waals surface area contributed by atoms with Crippen molar-refractivity contribution in [1.82, 2.24) is 0 Å². The van der Waals surface area contributed by atoms with Crippen LogP contribution >= 0.6 is 0 Å². The van der Waals surface area contributed by atoms with Crippen molar-refractivity contribution in [3.05, 3.63) is 59.9 Å². The summed E-state index contributed by atoms with van der Waals surface area (Å²) in [5.41, 5.74) is 3.59. The molecule has 0 aliphatic carbocycles. The molecule has 0 spiro atoms. The van der Waals surface area contributed by atoms with Crippen LogP contribution in [0.5, 0.6) is 5.75 Å². The number of methoxy groups -OCH3 is 1. The molecule has 1 N–H and O–H groups in total. The Balaban J connectivity index is 1.78. The molecule has 0 radical (unpaired) electrons. The summed E-state index contributed by atoms with van der Waals surface area (Å²) in [6, 6.07) is 13.5. The Labute approximate surface area is 141 Å². The minimum atomic E-state index is -0.0541. The minimum absolute atomic E-state index is 0.0541. The van der Waals surface area contributed by atoms with Gasteiger partial charge >= 0.3 is 0 Å². The van der Waals surface area contributed by atoms with Crippen LogP contribution in [0.15, 0.2) is 53.1 Å². The van der Waals surface area contributed by atoms with Crippen LogP contribution in [0.4, 0.5) is 5.69 Å². The van der Waals surface area contributed by atoms with Crippen molar-refractivity contribution in [2.45, 2.75) is 26.2 Å². The van der Waals surface area contributed by atoms with E-state index in [4.69, 9.17) is 9.15 Å². The van der Waals surface area contributed by atoms with Gasteiger partial charge in [0.15, 0.2) is 0 Å². The molecule has 3 rings (SSSR count). The fraction of sp³-hybridized carbons (Fsp3) is 0.250. The van der Waals surface area contributed by atoms with E-state index >= 15 is 0 Å². The highest BCUT2D eigenvalue weighted by Gasteiger charge is 2.13. The molecule has 1 amide bonds. The molecule has 1 heterocycles. The zero-order valence-corrected chi connectivity index (χ0v) is 14.1. The molecule has 0 aliphatic rings. The highest BCUT2D eigenvalue weighted by atomic mass is 16.5. The molecule has 0 atom stereocenters. The minimum Gasteiger partial charge on any atom is -0.497 e. The van der Waals surface area contributed by atoms with E-state index in [-0.39, 0.29) is 12.3 Å². The first-order chi connectivity index (χ1) is 11.6. The summed E-state index contributed by atoms with van der Waals surface area (Å²) < 4.78 is 10.7. The van der Waals surface area contributed by atoms with Crippen LogP contribution in [0.2, 0.25) is 0 Å². The summed E-state index contributed by atoms with van der Waals surface area (Å²) in [7, 11) is 1.62. The normalized spacial score (nSPS) is 11.0. The van der Waals surface area contributed by atoms with Crippen LogP contribution in [0.1, 0.15) is 30.9 Å². The monoisotopic (exact) mass is 323 g/mol. The van der Waals surface area contributed by atoms with Crippen LogP contribution in [0.3, 0.4) is 0 Å². The van der Waals surface area contributed by atoms with E-state index in [9.17, 15) is 4.79 Å². The predicted octanol–water partition coefficient (Wildman–Crippen LogP) is 4.75. The predicted molar refractivity (Wildman–Crippen MR) is 95.6 cm³/mol. The lowest BCUT2D eigenvalue weighted by Gasteiger charge is -2.13. The molecule has 2 aromatic carbocycles. The van der Waals surface area contributed by atoms with Crippen LogP contribution in [0.25, 0.3) is 11.0 Å².